The fraction of sp³-hybridized carbons (Fsp3) is 0.600. The summed E-state index contributed by atoms with van der Waals surface area (Å²) in [6.45, 7) is 10.3. The van der Waals surface area contributed by atoms with E-state index in [1.165, 1.54) is 25.1 Å². The molecular weight excluding hydrogens is 244 g/mol. The van der Waals surface area contributed by atoms with Crippen LogP contribution in [-0.4, -0.2) is 42.0 Å². The number of halogens is 1. The van der Waals surface area contributed by atoms with Crippen molar-refractivity contribution < 1.29 is 0 Å². The zero-order valence-corrected chi connectivity index (χ0v) is 12.2. The standard InChI is InChI=1S/C15H23ClN2/c1-3-13(2)18-9-7-17(8-10-18)12-14-5-4-6-15(16)11-14/h4-6,11,13H,3,7-10,12H2,1-2H3/t13-/m0/s1. The van der Waals surface area contributed by atoms with Crippen LogP contribution in [0.4, 0.5) is 0 Å². The third-order valence-corrected chi connectivity index (χ3v) is 4.15. The van der Waals surface area contributed by atoms with Crippen LogP contribution in [0, 0.1) is 0 Å². The highest BCUT2D eigenvalue weighted by atomic mass is 35.5. The van der Waals surface area contributed by atoms with Crippen molar-refractivity contribution in [3.8, 4) is 0 Å². The molecule has 0 saturated carbocycles. The monoisotopic (exact) mass is 266 g/mol. The van der Waals surface area contributed by atoms with Crippen molar-refractivity contribution in [2.24, 2.45) is 0 Å². The molecule has 1 aromatic rings. The largest absolute Gasteiger partial charge is 0.298 e. The Kier molecular flexibility index (Phi) is 5.04. The van der Waals surface area contributed by atoms with Gasteiger partial charge in [0.05, 0.1) is 0 Å². The van der Waals surface area contributed by atoms with E-state index in [4.69, 9.17) is 11.6 Å². The number of benzene rings is 1. The minimum Gasteiger partial charge on any atom is -0.298 e. The van der Waals surface area contributed by atoms with E-state index >= 15 is 0 Å². The first-order valence-electron chi connectivity index (χ1n) is 6.90. The predicted molar refractivity (Wildman–Crippen MR) is 78.1 cm³/mol. The molecule has 0 unspecified atom stereocenters. The second-order valence-corrected chi connectivity index (χ2v) is 5.64. The van der Waals surface area contributed by atoms with Crippen molar-refractivity contribution >= 4 is 11.6 Å². The van der Waals surface area contributed by atoms with E-state index in [-0.39, 0.29) is 0 Å². The number of piperazine rings is 1. The molecular formula is C15H23ClN2. The van der Waals surface area contributed by atoms with Gasteiger partial charge in [-0.25, -0.2) is 0 Å². The quantitative estimate of drug-likeness (QED) is 0.825. The van der Waals surface area contributed by atoms with Gasteiger partial charge in [-0.3, -0.25) is 9.80 Å². The Hall–Kier alpha value is -0.570. The minimum absolute atomic E-state index is 0.721. The van der Waals surface area contributed by atoms with Crippen LogP contribution in [0.25, 0.3) is 0 Å². The highest BCUT2D eigenvalue weighted by Gasteiger charge is 2.19. The third kappa shape index (κ3) is 3.71. The highest BCUT2D eigenvalue weighted by molar-refractivity contribution is 6.30. The van der Waals surface area contributed by atoms with Gasteiger partial charge < -0.3 is 0 Å². The summed E-state index contributed by atoms with van der Waals surface area (Å²) in [5.74, 6) is 0. The van der Waals surface area contributed by atoms with Crippen molar-refractivity contribution in [1.29, 1.82) is 0 Å². The average Bonchev–Trinajstić information content (AvgIpc) is 2.39. The van der Waals surface area contributed by atoms with E-state index in [0.717, 1.165) is 30.7 Å². The molecule has 1 atom stereocenters. The van der Waals surface area contributed by atoms with Crippen molar-refractivity contribution in [3.05, 3.63) is 34.9 Å². The van der Waals surface area contributed by atoms with E-state index in [1.807, 2.05) is 12.1 Å². The summed E-state index contributed by atoms with van der Waals surface area (Å²) in [6.07, 6.45) is 1.24. The Labute approximate surface area is 116 Å². The van der Waals surface area contributed by atoms with Crippen LogP contribution in [0.5, 0.6) is 0 Å². The second kappa shape index (κ2) is 6.55. The SMILES string of the molecule is CC[C@H](C)N1CCN(Cc2cccc(Cl)c2)CC1. The fourth-order valence-corrected chi connectivity index (χ4v) is 2.73. The summed E-state index contributed by atoms with van der Waals surface area (Å²) in [6, 6.07) is 8.92. The Bertz CT molecular complexity index is 373. The van der Waals surface area contributed by atoms with Gasteiger partial charge in [-0.2, -0.15) is 0 Å². The highest BCUT2D eigenvalue weighted by Crippen LogP contribution is 2.15. The molecule has 1 saturated heterocycles. The summed E-state index contributed by atoms with van der Waals surface area (Å²) in [7, 11) is 0. The Morgan fingerprint density at radius 3 is 2.56 bits per heavy atom. The Morgan fingerprint density at radius 1 is 1.22 bits per heavy atom. The molecule has 1 heterocycles. The molecule has 0 bridgehead atoms. The zero-order chi connectivity index (χ0) is 13.0. The lowest BCUT2D eigenvalue weighted by molar-refractivity contribution is 0.0964. The van der Waals surface area contributed by atoms with Crippen molar-refractivity contribution in [2.45, 2.75) is 32.9 Å². The first kappa shape index (κ1) is 13.9. The third-order valence-electron chi connectivity index (χ3n) is 3.92. The number of hydrogen-bond acceptors (Lipinski definition) is 2. The molecule has 0 amide bonds. The van der Waals surface area contributed by atoms with Gasteiger partial charge in [-0.05, 0) is 31.0 Å². The molecule has 1 aliphatic heterocycles. The molecule has 0 aromatic heterocycles. The lowest BCUT2D eigenvalue weighted by Crippen LogP contribution is -2.48. The topological polar surface area (TPSA) is 6.48 Å². The maximum atomic E-state index is 6.02. The molecule has 1 fully saturated rings. The maximum Gasteiger partial charge on any atom is 0.0409 e. The fourth-order valence-electron chi connectivity index (χ4n) is 2.51. The van der Waals surface area contributed by atoms with Crippen LogP contribution in [0.3, 0.4) is 0 Å². The summed E-state index contributed by atoms with van der Waals surface area (Å²) in [5.41, 5.74) is 1.32. The van der Waals surface area contributed by atoms with Gasteiger partial charge in [-0.1, -0.05) is 30.7 Å². The summed E-state index contributed by atoms with van der Waals surface area (Å²) < 4.78 is 0. The van der Waals surface area contributed by atoms with E-state index in [2.05, 4.69) is 35.8 Å². The smallest absolute Gasteiger partial charge is 0.0409 e. The molecule has 0 N–H and O–H groups in total. The number of nitrogens with zero attached hydrogens (tertiary/aromatic N) is 2. The molecule has 1 aromatic carbocycles. The van der Waals surface area contributed by atoms with E-state index in [1.54, 1.807) is 0 Å². The molecule has 0 radical (unpaired) electrons. The first-order chi connectivity index (χ1) is 8.69. The molecule has 2 rings (SSSR count). The first-order valence-corrected chi connectivity index (χ1v) is 7.27. The molecule has 3 heteroatoms. The lowest BCUT2D eigenvalue weighted by atomic mass is 10.1. The zero-order valence-electron chi connectivity index (χ0n) is 11.4. The Balaban J connectivity index is 1.83. The predicted octanol–water partition coefficient (Wildman–Crippen LogP) is 3.26. The molecule has 0 spiro atoms. The summed E-state index contributed by atoms with van der Waals surface area (Å²) in [5, 5.41) is 0.839. The van der Waals surface area contributed by atoms with Gasteiger partial charge in [0.1, 0.15) is 0 Å². The summed E-state index contributed by atoms with van der Waals surface area (Å²) >= 11 is 6.02. The van der Waals surface area contributed by atoms with Gasteiger partial charge in [-0.15, -0.1) is 0 Å². The van der Waals surface area contributed by atoms with Crippen molar-refractivity contribution in [3.63, 3.8) is 0 Å². The van der Waals surface area contributed by atoms with Gasteiger partial charge >= 0.3 is 0 Å². The maximum absolute atomic E-state index is 6.02. The van der Waals surface area contributed by atoms with Crippen LogP contribution in [-0.2, 0) is 6.54 Å². The molecule has 100 valence electrons. The van der Waals surface area contributed by atoms with Gasteiger partial charge in [0.15, 0.2) is 0 Å². The van der Waals surface area contributed by atoms with Gasteiger partial charge in [0, 0.05) is 43.8 Å². The van der Waals surface area contributed by atoms with E-state index in [0.29, 0.717) is 0 Å². The van der Waals surface area contributed by atoms with E-state index < -0.39 is 0 Å². The van der Waals surface area contributed by atoms with Crippen molar-refractivity contribution in [2.75, 3.05) is 26.2 Å². The van der Waals surface area contributed by atoms with Gasteiger partial charge in [0.2, 0.25) is 0 Å². The average molecular weight is 267 g/mol. The Morgan fingerprint density at radius 2 is 1.94 bits per heavy atom. The second-order valence-electron chi connectivity index (χ2n) is 5.20. The van der Waals surface area contributed by atoms with Crippen LogP contribution in [0.15, 0.2) is 24.3 Å². The molecule has 18 heavy (non-hydrogen) atoms. The molecule has 0 aliphatic carbocycles. The summed E-state index contributed by atoms with van der Waals surface area (Å²) in [4.78, 5) is 5.11. The minimum atomic E-state index is 0.721. The lowest BCUT2D eigenvalue weighted by Gasteiger charge is -2.37. The molecule has 1 aliphatic rings. The molecule has 2 nitrogen and oxygen atoms in total. The normalized spacial score (nSPS) is 19.9. The van der Waals surface area contributed by atoms with E-state index in [9.17, 15) is 0 Å². The van der Waals surface area contributed by atoms with Crippen LogP contribution < -0.4 is 0 Å². The number of hydrogen-bond donors (Lipinski definition) is 0. The van der Waals surface area contributed by atoms with Crippen molar-refractivity contribution in [1.82, 2.24) is 9.80 Å². The van der Waals surface area contributed by atoms with Crippen LogP contribution in [0.1, 0.15) is 25.8 Å². The van der Waals surface area contributed by atoms with Crippen LogP contribution >= 0.6 is 11.6 Å². The van der Waals surface area contributed by atoms with Crippen LogP contribution in [0.2, 0.25) is 5.02 Å². The van der Waals surface area contributed by atoms with Gasteiger partial charge in [0.25, 0.3) is 0 Å². The number of rotatable bonds is 4.